The number of nitrogens with two attached hydrogens (primary N) is 1. The SMILES string of the molecule is COCCOCCCn1ccc(C(N)C2CC2)c1. The van der Waals surface area contributed by atoms with E-state index >= 15 is 0 Å². The normalized spacial score (nSPS) is 17.0. The molecule has 1 heterocycles. The van der Waals surface area contributed by atoms with E-state index in [0.717, 1.165) is 25.5 Å². The van der Waals surface area contributed by atoms with E-state index in [-0.39, 0.29) is 6.04 Å². The molecule has 0 amide bonds. The van der Waals surface area contributed by atoms with E-state index in [9.17, 15) is 0 Å². The maximum atomic E-state index is 6.17. The smallest absolute Gasteiger partial charge is 0.0700 e. The lowest BCUT2D eigenvalue weighted by Gasteiger charge is -2.07. The Hall–Kier alpha value is -0.840. The Morgan fingerprint density at radius 1 is 1.39 bits per heavy atom. The monoisotopic (exact) mass is 252 g/mol. The fourth-order valence-corrected chi connectivity index (χ4v) is 2.12. The second-order valence-corrected chi connectivity index (χ2v) is 5.00. The number of aromatic nitrogens is 1. The molecule has 1 atom stereocenters. The minimum atomic E-state index is 0.240. The molecule has 0 spiro atoms. The molecule has 102 valence electrons. The summed E-state index contributed by atoms with van der Waals surface area (Å²) in [6, 6.07) is 2.39. The summed E-state index contributed by atoms with van der Waals surface area (Å²) >= 11 is 0. The third-order valence-corrected chi connectivity index (χ3v) is 3.42. The Kier molecular flexibility index (Phi) is 5.23. The summed E-state index contributed by atoms with van der Waals surface area (Å²) < 4.78 is 12.6. The van der Waals surface area contributed by atoms with Gasteiger partial charge in [-0.05, 0) is 36.8 Å². The molecule has 1 fully saturated rings. The van der Waals surface area contributed by atoms with Gasteiger partial charge in [-0.1, -0.05) is 0 Å². The van der Waals surface area contributed by atoms with Crippen molar-refractivity contribution in [2.75, 3.05) is 26.9 Å². The fraction of sp³-hybridized carbons (Fsp3) is 0.714. The molecule has 4 heteroatoms. The molecule has 1 aromatic heterocycles. The molecule has 1 aliphatic carbocycles. The van der Waals surface area contributed by atoms with Gasteiger partial charge in [-0.25, -0.2) is 0 Å². The van der Waals surface area contributed by atoms with Gasteiger partial charge < -0.3 is 19.8 Å². The highest BCUT2D eigenvalue weighted by Gasteiger charge is 2.29. The maximum absolute atomic E-state index is 6.17. The van der Waals surface area contributed by atoms with Crippen molar-refractivity contribution < 1.29 is 9.47 Å². The van der Waals surface area contributed by atoms with Crippen molar-refractivity contribution in [2.24, 2.45) is 11.7 Å². The van der Waals surface area contributed by atoms with Crippen LogP contribution in [-0.4, -0.2) is 31.5 Å². The average Bonchev–Trinajstić information content (AvgIpc) is 3.12. The summed E-state index contributed by atoms with van der Waals surface area (Å²) in [4.78, 5) is 0. The standard InChI is InChI=1S/C14H24N2O2/c1-17-9-10-18-8-2-6-16-7-5-13(11-16)14(15)12-3-4-12/h5,7,11-12,14H,2-4,6,8-10,15H2,1H3. The predicted molar refractivity (Wildman–Crippen MR) is 71.4 cm³/mol. The lowest BCUT2D eigenvalue weighted by molar-refractivity contribution is 0.0680. The van der Waals surface area contributed by atoms with Gasteiger partial charge in [-0.3, -0.25) is 0 Å². The highest BCUT2D eigenvalue weighted by atomic mass is 16.5. The summed E-state index contributed by atoms with van der Waals surface area (Å²) in [5, 5.41) is 0. The van der Waals surface area contributed by atoms with Crippen molar-refractivity contribution in [3.8, 4) is 0 Å². The second-order valence-electron chi connectivity index (χ2n) is 5.00. The third-order valence-electron chi connectivity index (χ3n) is 3.42. The first-order valence-electron chi connectivity index (χ1n) is 6.79. The highest BCUT2D eigenvalue weighted by molar-refractivity contribution is 5.17. The molecule has 0 radical (unpaired) electrons. The number of nitrogens with zero attached hydrogens (tertiary/aromatic N) is 1. The summed E-state index contributed by atoms with van der Waals surface area (Å²) in [5.41, 5.74) is 7.45. The summed E-state index contributed by atoms with van der Waals surface area (Å²) in [6.45, 7) is 3.12. The number of ether oxygens (including phenoxy) is 2. The van der Waals surface area contributed by atoms with Crippen LogP contribution in [0.4, 0.5) is 0 Å². The summed E-state index contributed by atoms with van der Waals surface area (Å²) in [6.07, 6.45) is 7.90. The van der Waals surface area contributed by atoms with E-state index in [1.807, 2.05) is 0 Å². The van der Waals surface area contributed by atoms with Gasteiger partial charge in [-0.15, -0.1) is 0 Å². The van der Waals surface area contributed by atoms with Crippen molar-refractivity contribution in [3.63, 3.8) is 0 Å². The van der Waals surface area contributed by atoms with Crippen molar-refractivity contribution >= 4 is 0 Å². The molecule has 18 heavy (non-hydrogen) atoms. The first kappa shape index (κ1) is 13.6. The van der Waals surface area contributed by atoms with Crippen LogP contribution in [0.2, 0.25) is 0 Å². The van der Waals surface area contributed by atoms with E-state index < -0.39 is 0 Å². The van der Waals surface area contributed by atoms with Crippen LogP contribution < -0.4 is 5.73 Å². The minimum absolute atomic E-state index is 0.240. The van der Waals surface area contributed by atoms with Crippen LogP contribution in [0.25, 0.3) is 0 Å². The molecular formula is C14H24N2O2. The molecule has 4 nitrogen and oxygen atoms in total. The molecule has 1 unspecified atom stereocenters. The van der Waals surface area contributed by atoms with Crippen LogP contribution in [0.3, 0.4) is 0 Å². The van der Waals surface area contributed by atoms with Gasteiger partial charge in [0.05, 0.1) is 13.2 Å². The number of hydrogen-bond acceptors (Lipinski definition) is 3. The molecular weight excluding hydrogens is 228 g/mol. The Morgan fingerprint density at radius 2 is 2.22 bits per heavy atom. The maximum Gasteiger partial charge on any atom is 0.0700 e. The van der Waals surface area contributed by atoms with Gasteiger partial charge >= 0.3 is 0 Å². The van der Waals surface area contributed by atoms with Crippen molar-refractivity contribution in [2.45, 2.75) is 31.8 Å². The number of rotatable bonds is 9. The van der Waals surface area contributed by atoms with Crippen molar-refractivity contribution in [1.82, 2.24) is 4.57 Å². The first-order valence-corrected chi connectivity index (χ1v) is 6.79. The minimum Gasteiger partial charge on any atom is -0.382 e. The van der Waals surface area contributed by atoms with Crippen LogP contribution >= 0.6 is 0 Å². The molecule has 0 aromatic carbocycles. The van der Waals surface area contributed by atoms with Crippen molar-refractivity contribution in [1.29, 1.82) is 0 Å². The van der Waals surface area contributed by atoms with Crippen LogP contribution in [-0.2, 0) is 16.0 Å². The predicted octanol–water partition coefficient (Wildman–Crippen LogP) is 1.95. The number of methoxy groups -OCH3 is 1. The molecule has 2 rings (SSSR count). The van der Waals surface area contributed by atoms with Crippen LogP contribution in [0, 0.1) is 5.92 Å². The Bertz CT molecular complexity index is 347. The van der Waals surface area contributed by atoms with Gasteiger partial charge in [0.2, 0.25) is 0 Å². The van der Waals surface area contributed by atoms with Crippen molar-refractivity contribution in [3.05, 3.63) is 24.0 Å². The number of hydrogen-bond donors (Lipinski definition) is 1. The van der Waals surface area contributed by atoms with Crippen LogP contribution in [0.15, 0.2) is 18.5 Å². The van der Waals surface area contributed by atoms with E-state index in [0.29, 0.717) is 13.2 Å². The molecule has 0 bridgehead atoms. The van der Waals surface area contributed by atoms with Gasteiger partial charge in [0.1, 0.15) is 0 Å². The zero-order chi connectivity index (χ0) is 12.8. The quantitative estimate of drug-likeness (QED) is 0.683. The van der Waals surface area contributed by atoms with E-state index in [1.54, 1.807) is 7.11 Å². The van der Waals surface area contributed by atoms with E-state index in [1.165, 1.54) is 18.4 Å². The first-order chi connectivity index (χ1) is 8.81. The largest absolute Gasteiger partial charge is 0.382 e. The van der Waals surface area contributed by atoms with E-state index in [4.69, 9.17) is 15.2 Å². The molecule has 2 N–H and O–H groups in total. The zero-order valence-corrected chi connectivity index (χ0v) is 11.2. The molecule has 0 saturated heterocycles. The van der Waals surface area contributed by atoms with Gasteiger partial charge in [-0.2, -0.15) is 0 Å². The van der Waals surface area contributed by atoms with Gasteiger partial charge in [0, 0.05) is 38.7 Å². The Balaban J connectivity index is 1.64. The second kappa shape index (κ2) is 6.92. The summed E-state index contributed by atoms with van der Waals surface area (Å²) in [7, 11) is 1.69. The Labute approximate surface area is 109 Å². The van der Waals surface area contributed by atoms with Gasteiger partial charge in [0.15, 0.2) is 0 Å². The lowest BCUT2D eigenvalue weighted by Crippen LogP contribution is -2.11. The zero-order valence-electron chi connectivity index (χ0n) is 11.2. The molecule has 1 aromatic rings. The number of aryl methyl sites for hydroxylation is 1. The molecule has 1 saturated carbocycles. The third kappa shape index (κ3) is 4.12. The van der Waals surface area contributed by atoms with Gasteiger partial charge in [0.25, 0.3) is 0 Å². The highest BCUT2D eigenvalue weighted by Crippen LogP contribution is 2.39. The Morgan fingerprint density at radius 3 is 2.94 bits per heavy atom. The summed E-state index contributed by atoms with van der Waals surface area (Å²) in [5.74, 6) is 0.721. The molecule has 0 aliphatic heterocycles. The lowest BCUT2D eigenvalue weighted by atomic mass is 10.1. The van der Waals surface area contributed by atoms with E-state index in [2.05, 4.69) is 23.0 Å². The van der Waals surface area contributed by atoms with Crippen LogP contribution in [0.1, 0.15) is 30.9 Å². The average molecular weight is 252 g/mol. The topological polar surface area (TPSA) is 49.4 Å². The molecule has 1 aliphatic rings. The van der Waals surface area contributed by atoms with Crippen LogP contribution in [0.5, 0.6) is 0 Å². The fourth-order valence-electron chi connectivity index (χ4n) is 2.12.